The zero-order chi connectivity index (χ0) is 17.3. The fourth-order valence-corrected chi connectivity index (χ4v) is 2.33. The van der Waals surface area contributed by atoms with Gasteiger partial charge in [0.2, 0.25) is 0 Å². The first-order valence-electron chi connectivity index (χ1n) is 8.46. The van der Waals surface area contributed by atoms with Crippen LogP contribution in [0.15, 0.2) is 4.99 Å². The van der Waals surface area contributed by atoms with Crippen molar-refractivity contribution in [3.8, 4) is 0 Å². The van der Waals surface area contributed by atoms with Crippen molar-refractivity contribution in [2.45, 2.75) is 52.7 Å². The first-order valence-corrected chi connectivity index (χ1v) is 8.46. The molecule has 0 aromatic rings. The minimum atomic E-state index is -0.474. The largest absolute Gasteiger partial charge is 0.444 e. The van der Waals surface area contributed by atoms with Crippen LogP contribution in [-0.4, -0.2) is 68.0 Å². The molecule has 7 nitrogen and oxygen atoms in total. The summed E-state index contributed by atoms with van der Waals surface area (Å²) in [5, 5.41) is 6.22. The number of likely N-dealkylation sites (tertiary alicyclic amines) is 1. The van der Waals surface area contributed by atoms with Crippen LogP contribution in [0.4, 0.5) is 4.79 Å². The lowest BCUT2D eigenvalue weighted by molar-refractivity contribution is 0.0507. The van der Waals surface area contributed by atoms with Crippen molar-refractivity contribution in [1.82, 2.24) is 15.5 Å². The maximum absolute atomic E-state index is 11.8. The molecule has 0 saturated carbocycles. The molecule has 1 atom stereocenters. The van der Waals surface area contributed by atoms with Gasteiger partial charge in [-0.1, -0.05) is 0 Å². The molecule has 142 valence electrons. The van der Waals surface area contributed by atoms with Crippen LogP contribution in [0.2, 0.25) is 0 Å². The number of hydrogen-bond acceptors (Lipinski definition) is 4. The van der Waals surface area contributed by atoms with Crippen molar-refractivity contribution in [2.75, 3.05) is 39.4 Å². The Morgan fingerprint density at radius 2 is 2.04 bits per heavy atom. The number of nitrogens with one attached hydrogen (secondary N) is 2. The van der Waals surface area contributed by atoms with Gasteiger partial charge in [-0.3, -0.25) is 4.99 Å². The highest BCUT2D eigenvalue weighted by Gasteiger charge is 2.27. The van der Waals surface area contributed by atoms with Crippen LogP contribution in [0, 0.1) is 0 Å². The number of guanidine groups is 1. The first-order chi connectivity index (χ1) is 10.9. The maximum atomic E-state index is 11.8. The number of amides is 1. The molecule has 24 heavy (non-hydrogen) atoms. The molecule has 0 spiro atoms. The van der Waals surface area contributed by atoms with Gasteiger partial charge in [-0.05, 0) is 41.0 Å². The normalized spacial score (nSPS) is 18.1. The van der Waals surface area contributed by atoms with E-state index >= 15 is 0 Å². The molecule has 8 heteroatoms. The molecule has 0 bridgehead atoms. The summed E-state index contributed by atoms with van der Waals surface area (Å²) in [5.41, 5.74) is -0.474. The Morgan fingerprint density at radius 3 is 2.62 bits per heavy atom. The Labute approximate surface area is 162 Å². The summed E-state index contributed by atoms with van der Waals surface area (Å²) >= 11 is 0. The average molecular weight is 456 g/mol. The molecular formula is C16H33IN4O3. The molecule has 1 heterocycles. The zero-order valence-corrected chi connectivity index (χ0v) is 17.9. The summed E-state index contributed by atoms with van der Waals surface area (Å²) in [7, 11) is 0. The Balaban J connectivity index is 0.00000529. The van der Waals surface area contributed by atoms with E-state index in [2.05, 4.69) is 20.5 Å². The standard InChI is InChI=1S/C16H32N4O3.HI/c1-6-17-14(18-9-11-22-7-2)20-10-8-13(12-20)19-15(21)23-16(3,4)5;/h13H,6-12H2,1-5H3,(H,17,18)(H,19,21);1H. The third-order valence-electron chi connectivity index (χ3n) is 3.24. The van der Waals surface area contributed by atoms with Gasteiger partial charge in [0.25, 0.3) is 0 Å². The number of halogens is 1. The molecule has 2 N–H and O–H groups in total. The molecule has 1 amide bonds. The predicted molar refractivity (Wildman–Crippen MR) is 107 cm³/mol. The molecule has 0 aliphatic carbocycles. The van der Waals surface area contributed by atoms with Crippen LogP contribution in [0.5, 0.6) is 0 Å². The van der Waals surface area contributed by atoms with Crippen LogP contribution in [0.25, 0.3) is 0 Å². The number of hydrogen-bond donors (Lipinski definition) is 2. The number of alkyl carbamates (subject to hydrolysis) is 1. The van der Waals surface area contributed by atoms with Gasteiger partial charge in [0.05, 0.1) is 19.2 Å². The van der Waals surface area contributed by atoms with E-state index in [9.17, 15) is 4.79 Å². The van der Waals surface area contributed by atoms with Crippen molar-refractivity contribution in [3.05, 3.63) is 0 Å². The molecule has 1 aliphatic rings. The molecule has 1 rings (SSSR count). The molecule has 1 fully saturated rings. The number of aliphatic imine (C=N–C) groups is 1. The molecule has 1 unspecified atom stereocenters. The third kappa shape index (κ3) is 9.51. The van der Waals surface area contributed by atoms with Crippen molar-refractivity contribution in [1.29, 1.82) is 0 Å². The van der Waals surface area contributed by atoms with Crippen LogP contribution in [0.3, 0.4) is 0 Å². The lowest BCUT2D eigenvalue weighted by Crippen LogP contribution is -2.44. The monoisotopic (exact) mass is 456 g/mol. The number of carbonyl (C=O) groups excluding carboxylic acids is 1. The summed E-state index contributed by atoms with van der Waals surface area (Å²) in [6, 6.07) is 0.0839. The minimum absolute atomic E-state index is 0. The van der Waals surface area contributed by atoms with E-state index in [1.54, 1.807) is 0 Å². The smallest absolute Gasteiger partial charge is 0.407 e. The molecular weight excluding hydrogens is 423 g/mol. The highest BCUT2D eigenvalue weighted by atomic mass is 127. The van der Waals surface area contributed by atoms with Gasteiger partial charge in [-0.2, -0.15) is 0 Å². The van der Waals surface area contributed by atoms with Crippen molar-refractivity contribution in [3.63, 3.8) is 0 Å². The topological polar surface area (TPSA) is 75.2 Å². The van der Waals surface area contributed by atoms with Crippen molar-refractivity contribution < 1.29 is 14.3 Å². The zero-order valence-electron chi connectivity index (χ0n) is 15.6. The lowest BCUT2D eigenvalue weighted by atomic mass is 10.2. The Bertz CT molecular complexity index is 399. The van der Waals surface area contributed by atoms with Crippen molar-refractivity contribution in [2.24, 2.45) is 4.99 Å². The van der Waals surface area contributed by atoms with Gasteiger partial charge < -0.3 is 25.0 Å². The number of ether oxygens (including phenoxy) is 2. The predicted octanol–water partition coefficient (Wildman–Crippen LogP) is 2.21. The fourth-order valence-electron chi connectivity index (χ4n) is 2.33. The van der Waals surface area contributed by atoms with Crippen LogP contribution >= 0.6 is 24.0 Å². The van der Waals surface area contributed by atoms with E-state index in [-0.39, 0.29) is 36.1 Å². The summed E-state index contributed by atoms with van der Waals surface area (Å²) in [6.45, 7) is 14.0. The molecule has 1 saturated heterocycles. The fraction of sp³-hybridized carbons (Fsp3) is 0.875. The summed E-state index contributed by atoms with van der Waals surface area (Å²) < 4.78 is 10.6. The lowest BCUT2D eigenvalue weighted by Gasteiger charge is -2.23. The number of carbonyl (C=O) groups is 1. The van der Waals surface area contributed by atoms with Gasteiger partial charge in [0.15, 0.2) is 5.96 Å². The number of rotatable bonds is 6. The van der Waals surface area contributed by atoms with Gasteiger partial charge in [-0.15, -0.1) is 24.0 Å². The second-order valence-electron chi connectivity index (χ2n) is 6.51. The SMILES string of the molecule is CCNC(=NCCOCC)N1CCC(NC(=O)OC(C)(C)C)C1.I. The molecule has 0 aromatic carbocycles. The quantitative estimate of drug-likeness (QED) is 0.278. The Kier molecular flexibility index (Phi) is 11.4. The second-order valence-corrected chi connectivity index (χ2v) is 6.51. The highest BCUT2D eigenvalue weighted by molar-refractivity contribution is 14.0. The van der Waals surface area contributed by atoms with E-state index in [1.807, 2.05) is 34.6 Å². The van der Waals surface area contributed by atoms with Crippen LogP contribution in [-0.2, 0) is 9.47 Å². The first kappa shape index (κ1) is 23.2. The minimum Gasteiger partial charge on any atom is -0.444 e. The third-order valence-corrected chi connectivity index (χ3v) is 3.24. The van der Waals surface area contributed by atoms with Crippen LogP contribution in [0.1, 0.15) is 41.0 Å². The Morgan fingerprint density at radius 1 is 1.33 bits per heavy atom. The highest BCUT2D eigenvalue weighted by Crippen LogP contribution is 2.12. The Hall–Kier alpha value is -0.770. The van der Waals surface area contributed by atoms with Gasteiger partial charge in [0.1, 0.15) is 5.60 Å². The van der Waals surface area contributed by atoms with E-state index in [0.717, 1.165) is 32.0 Å². The van der Waals surface area contributed by atoms with Gasteiger partial charge in [-0.25, -0.2) is 4.79 Å². The van der Waals surface area contributed by atoms with Crippen molar-refractivity contribution >= 4 is 36.0 Å². The average Bonchev–Trinajstić information content (AvgIpc) is 2.88. The van der Waals surface area contributed by atoms with Gasteiger partial charge in [0, 0.05) is 26.2 Å². The number of nitrogens with zero attached hydrogens (tertiary/aromatic N) is 2. The van der Waals surface area contributed by atoms with E-state index in [1.165, 1.54) is 0 Å². The molecule has 0 radical (unpaired) electrons. The second kappa shape index (κ2) is 11.7. The van der Waals surface area contributed by atoms with E-state index < -0.39 is 5.60 Å². The molecule has 1 aliphatic heterocycles. The molecule has 0 aromatic heterocycles. The summed E-state index contributed by atoms with van der Waals surface area (Å²) in [5.74, 6) is 0.876. The van der Waals surface area contributed by atoms with Gasteiger partial charge >= 0.3 is 6.09 Å². The van der Waals surface area contributed by atoms with E-state index in [0.29, 0.717) is 19.8 Å². The van der Waals surface area contributed by atoms with Crippen LogP contribution < -0.4 is 10.6 Å². The van der Waals surface area contributed by atoms with E-state index in [4.69, 9.17) is 9.47 Å². The maximum Gasteiger partial charge on any atom is 0.407 e. The summed E-state index contributed by atoms with van der Waals surface area (Å²) in [4.78, 5) is 18.6. The summed E-state index contributed by atoms with van der Waals surface area (Å²) in [6.07, 6.45) is 0.525.